The van der Waals surface area contributed by atoms with Crippen molar-refractivity contribution in [3.63, 3.8) is 0 Å². The molecule has 39 heavy (non-hydrogen) atoms. The highest BCUT2D eigenvalue weighted by molar-refractivity contribution is 9.10. The fourth-order valence-corrected chi connectivity index (χ4v) is 6.00. The molecule has 2 fully saturated rings. The molecule has 214 valence electrons. The fourth-order valence-electron chi connectivity index (χ4n) is 5.51. The molecule has 1 aromatic rings. The number of halogens is 1. The minimum absolute atomic E-state index is 0.134. The Bertz CT molecular complexity index is 1120. The highest BCUT2D eigenvalue weighted by atomic mass is 79.9. The number of fused-ring (bicyclic) bond motifs is 1. The van der Waals surface area contributed by atoms with Gasteiger partial charge in [-0.25, -0.2) is 9.59 Å². The first-order valence-electron chi connectivity index (χ1n) is 13.1. The molecule has 0 unspecified atom stereocenters. The number of amides is 4. The van der Waals surface area contributed by atoms with Crippen molar-refractivity contribution in [2.24, 2.45) is 0 Å². The standard InChI is InChI=1S/C26H35BrN4O8/c1-16(2)31(17-5-4-9-29(15-17)25(35)36)22(32)18-13-20-21(14-19(18)27)39-26(6-11-38-12-7-26)23(33)30(20)10-8-28-24(34)37-3/h13-14,16-17H,4-12,15H2,1-3H3,(H,28,34)(H,35,36)/t17-/m1/s1. The van der Waals surface area contributed by atoms with E-state index >= 15 is 0 Å². The average molecular weight is 611 g/mol. The van der Waals surface area contributed by atoms with Crippen molar-refractivity contribution < 1.29 is 38.5 Å². The Morgan fingerprint density at radius 3 is 2.64 bits per heavy atom. The first-order chi connectivity index (χ1) is 18.6. The zero-order valence-corrected chi connectivity index (χ0v) is 24.0. The molecule has 0 radical (unpaired) electrons. The maximum atomic E-state index is 14.0. The van der Waals surface area contributed by atoms with Gasteiger partial charge in [0.25, 0.3) is 11.8 Å². The van der Waals surface area contributed by atoms with Crippen molar-refractivity contribution in [1.82, 2.24) is 15.1 Å². The molecule has 2 N–H and O–H groups in total. The highest BCUT2D eigenvalue weighted by Crippen LogP contribution is 2.44. The summed E-state index contributed by atoms with van der Waals surface area (Å²) in [7, 11) is 1.26. The monoisotopic (exact) mass is 610 g/mol. The van der Waals surface area contributed by atoms with Gasteiger partial charge in [-0.05, 0) is 54.8 Å². The molecule has 3 aliphatic heterocycles. The van der Waals surface area contributed by atoms with E-state index in [1.165, 1.54) is 12.0 Å². The molecule has 1 aromatic carbocycles. The molecule has 4 amide bonds. The van der Waals surface area contributed by atoms with Gasteiger partial charge in [-0.2, -0.15) is 0 Å². The van der Waals surface area contributed by atoms with Crippen LogP contribution < -0.4 is 15.0 Å². The van der Waals surface area contributed by atoms with Gasteiger partial charge in [0.2, 0.25) is 0 Å². The lowest BCUT2D eigenvalue weighted by atomic mass is 9.90. The number of benzene rings is 1. The summed E-state index contributed by atoms with van der Waals surface area (Å²) >= 11 is 3.55. The molecular weight excluding hydrogens is 576 g/mol. The molecule has 0 aromatic heterocycles. The van der Waals surface area contributed by atoms with Gasteiger partial charge in [-0.15, -0.1) is 0 Å². The number of alkyl carbamates (subject to hydrolysis) is 1. The Balaban J connectivity index is 1.69. The maximum absolute atomic E-state index is 14.0. The van der Waals surface area contributed by atoms with E-state index in [4.69, 9.17) is 9.47 Å². The number of hydrogen-bond acceptors (Lipinski definition) is 7. The van der Waals surface area contributed by atoms with Crippen LogP contribution in [0.15, 0.2) is 16.6 Å². The molecule has 0 bridgehead atoms. The van der Waals surface area contributed by atoms with Gasteiger partial charge in [-0.1, -0.05) is 0 Å². The normalized spacial score (nSPS) is 20.3. The van der Waals surface area contributed by atoms with Crippen molar-refractivity contribution in [2.45, 2.75) is 57.2 Å². The quantitative estimate of drug-likeness (QED) is 0.501. The van der Waals surface area contributed by atoms with Crippen LogP contribution in [0.4, 0.5) is 15.3 Å². The number of rotatable bonds is 6. The number of ether oxygens (including phenoxy) is 3. The van der Waals surface area contributed by atoms with Crippen molar-refractivity contribution in [2.75, 3.05) is 51.4 Å². The van der Waals surface area contributed by atoms with E-state index in [0.29, 0.717) is 66.9 Å². The van der Waals surface area contributed by atoms with E-state index in [0.717, 1.165) is 0 Å². The third-order valence-electron chi connectivity index (χ3n) is 7.45. The van der Waals surface area contributed by atoms with Crippen LogP contribution in [0.25, 0.3) is 0 Å². The molecular formula is C26H35BrN4O8. The number of likely N-dealkylation sites (tertiary alicyclic amines) is 1. The Labute approximate surface area is 235 Å². The van der Waals surface area contributed by atoms with Gasteiger partial charge in [0, 0.05) is 49.5 Å². The van der Waals surface area contributed by atoms with Crippen molar-refractivity contribution >= 4 is 45.6 Å². The van der Waals surface area contributed by atoms with Crippen LogP contribution in [0.1, 0.15) is 49.9 Å². The third kappa shape index (κ3) is 5.93. The number of anilines is 1. The Kier molecular flexibility index (Phi) is 8.90. The summed E-state index contributed by atoms with van der Waals surface area (Å²) in [5.41, 5.74) is -0.330. The number of methoxy groups -OCH3 is 1. The first kappa shape index (κ1) is 28.9. The SMILES string of the molecule is COC(=O)NCCN1C(=O)C2(CCOCC2)Oc2cc(Br)c(C(=O)N(C(C)C)[C@@H]3CCCN(C(=O)O)C3)cc21. The van der Waals surface area contributed by atoms with Crippen LogP contribution in [0, 0.1) is 0 Å². The molecule has 0 aliphatic carbocycles. The van der Waals surface area contributed by atoms with E-state index in [-0.39, 0.29) is 43.5 Å². The molecule has 0 saturated carbocycles. The number of nitrogens with one attached hydrogen (secondary N) is 1. The zero-order chi connectivity index (χ0) is 28.3. The van der Waals surface area contributed by atoms with Gasteiger partial charge in [-0.3, -0.25) is 9.59 Å². The van der Waals surface area contributed by atoms with Crippen LogP contribution >= 0.6 is 15.9 Å². The van der Waals surface area contributed by atoms with Crippen molar-refractivity contribution in [3.05, 3.63) is 22.2 Å². The van der Waals surface area contributed by atoms with E-state index in [1.54, 1.807) is 21.9 Å². The molecule has 1 atom stereocenters. The third-order valence-corrected chi connectivity index (χ3v) is 8.11. The number of nitrogens with zero attached hydrogens (tertiary/aromatic N) is 3. The highest BCUT2D eigenvalue weighted by Gasteiger charge is 2.49. The number of hydrogen-bond donors (Lipinski definition) is 2. The second-order valence-electron chi connectivity index (χ2n) is 10.2. The molecule has 4 rings (SSSR count). The molecule has 2 saturated heterocycles. The lowest BCUT2D eigenvalue weighted by Gasteiger charge is -2.45. The van der Waals surface area contributed by atoms with Gasteiger partial charge in [0.15, 0.2) is 5.60 Å². The Hall–Kier alpha value is -3.06. The van der Waals surface area contributed by atoms with Gasteiger partial charge >= 0.3 is 12.2 Å². The summed E-state index contributed by atoms with van der Waals surface area (Å²) in [6.45, 7) is 5.51. The summed E-state index contributed by atoms with van der Waals surface area (Å²) in [5.74, 6) is -0.0806. The number of carboxylic acid groups (broad SMARTS) is 1. The van der Waals surface area contributed by atoms with E-state index < -0.39 is 17.8 Å². The minimum atomic E-state index is -1.09. The molecule has 3 aliphatic rings. The van der Waals surface area contributed by atoms with Gasteiger partial charge in [0.05, 0.1) is 37.6 Å². The van der Waals surface area contributed by atoms with Crippen molar-refractivity contribution in [3.8, 4) is 5.75 Å². The molecule has 1 spiro atoms. The van der Waals surface area contributed by atoms with Crippen LogP contribution in [-0.2, 0) is 14.3 Å². The predicted molar refractivity (Wildman–Crippen MR) is 144 cm³/mol. The van der Waals surface area contributed by atoms with E-state index in [2.05, 4.69) is 26.0 Å². The van der Waals surface area contributed by atoms with E-state index in [9.17, 15) is 24.3 Å². The topological polar surface area (TPSA) is 138 Å². The van der Waals surface area contributed by atoms with Crippen molar-refractivity contribution in [1.29, 1.82) is 0 Å². The smallest absolute Gasteiger partial charge is 0.407 e. The molecule has 3 heterocycles. The second-order valence-corrected chi connectivity index (χ2v) is 11.1. The summed E-state index contributed by atoms with van der Waals surface area (Å²) in [6.07, 6.45) is 0.501. The van der Waals surface area contributed by atoms with Gasteiger partial charge < -0.3 is 39.3 Å². The maximum Gasteiger partial charge on any atom is 0.407 e. The first-order valence-corrected chi connectivity index (χ1v) is 13.9. The average Bonchev–Trinajstić information content (AvgIpc) is 2.91. The zero-order valence-electron chi connectivity index (χ0n) is 22.4. The minimum Gasteiger partial charge on any atom is -0.475 e. The summed E-state index contributed by atoms with van der Waals surface area (Å²) < 4.78 is 17.0. The lowest BCUT2D eigenvalue weighted by molar-refractivity contribution is -0.144. The van der Waals surface area contributed by atoms with Crippen LogP contribution in [0.5, 0.6) is 5.75 Å². The Morgan fingerprint density at radius 2 is 2.00 bits per heavy atom. The number of carbonyl (C=O) groups is 4. The van der Waals surface area contributed by atoms with Crippen LogP contribution in [-0.4, -0.2) is 103 Å². The van der Waals surface area contributed by atoms with Crippen LogP contribution in [0.3, 0.4) is 0 Å². The molecule has 12 nitrogen and oxygen atoms in total. The van der Waals surface area contributed by atoms with Gasteiger partial charge in [0.1, 0.15) is 5.75 Å². The van der Waals surface area contributed by atoms with Crippen LogP contribution in [0.2, 0.25) is 0 Å². The summed E-state index contributed by atoms with van der Waals surface area (Å²) in [4.78, 5) is 55.7. The largest absolute Gasteiger partial charge is 0.475 e. The predicted octanol–water partition coefficient (Wildman–Crippen LogP) is 3.07. The fraction of sp³-hybridized carbons (Fsp3) is 0.615. The number of carbonyl (C=O) groups excluding carboxylic acids is 3. The summed E-state index contributed by atoms with van der Waals surface area (Å²) in [5, 5.41) is 12.1. The van der Waals surface area contributed by atoms with E-state index in [1.807, 2.05) is 13.8 Å². The Morgan fingerprint density at radius 1 is 1.28 bits per heavy atom. The summed E-state index contributed by atoms with van der Waals surface area (Å²) in [6, 6.07) is 2.87. The number of piperidine rings is 1. The molecule has 13 heteroatoms. The second kappa shape index (κ2) is 12.0. The lowest BCUT2D eigenvalue weighted by Crippen LogP contribution is -2.59.